The maximum absolute atomic E-state index is 12.3. The summed E-state index contributed by atoms with van der Waals surface area (Å²) in [7, 11) is 0. The fourth-order valence-corrected chi connectivity index (χ4v) is 2.83. The highest BCUT2D eigenvalue weighted by Crippen LogP contribution is 2.21. The van der Waals surface area contributed by atoms with Crippen LogP contribution in [0.25, 0.3) is 0 Å². The molecule has 0 radical (unpaired) electrons. The number of carbonyl (C=O) groups excluding carboxylic acids is 1. The molecule has 4 nitrogen and oxygen atoms in total. The summed E-state index contributed by atoms with van der Waals surface area (Å²) in [5.74, 6) is 0.594. The molecule has 0 bridgehead atoms. The molecule has 110 valence electrons. The smallest absolute Gasteiger partial charge is 0.227 e. The number of aliphatic hydroxyl groups excluding tert-OH is 1. The van der Waals surface area contributed by atoms with Crippen molar-refractivity contribution in [3.05, 3.63) is 35.4 Å². The summed E-state index contributed by atoms with van der Waals surface area (Å²) in [6.45, 7) is 3.66. The molecule has 2 rings (SSSR count). The van der Waals surface area contributed by atoms with Crippen molar-refractivity contribution < 1.29 is 9.90 Å². The van der Waals surface area contributed by atoms with Crippen molar-refractivity contribution in [3.63, 3.8) is 0 Å². The van der Waals surface area contributed by atoms with Crippen molar-refractivity contribution in [1.82, 2.24) is 4.90 Å². The zero-order valence-corrected chi connectivity index (χ0v) is 12.1. The Morgan fingerprint density at radius 1 is 1.30 bits per heavy atom. The lowest BCUT2D eigenvalue weighted by Gasteiger charge is -2.16. The predicted octanol–water partition coefficient (Wildman–Crippen LogP) is 1.31. The Morgan fingerprint density at radius 2 is 1.95 bits per heavy atom. The SMILES string of the molecule is CCC[C@@H]1CN(C(=O)Cc2ccc(CO)cc2)C[C@H]1N. The summed E-state index contributed by atoms with van der Waals surface area (Å²) >= 11 is 0. The number of rotatable bonds is 5. The molecule has 1 heterocycles. The third-order valence-corrected chi connectivity index (χ3v) is 4.06. The van der Waals surface area contributed by atoms with Gasteiger partial charge in [-0.3, -0.25) is 4.79 Å². The van der Waals surface area contributed by atoms with Crippen LogP contribution >= 0.6 is 0 Å². The zero-order valence-electron chi connectivity index (χ0n) is 12.1. The van der Waals surface area contributed by atoms with Gasteiger partial charge in [0.15, 0.2) is 0 Å². The molecule has 2 atom stereocenters. The lowest BCUT2D eigenvalue weighted by atomic mass is 9.99. The van der Waals surface area contributed by atoms with Crippen molar-refractivity contribution in [2.24, 2.45) is 11.7 Å². The number of benzene rings is 1. The van der Waals surface area contributed by atoms with Gasteiger partial charge in [0.1, 0.15) is 0 Å². The van der Waals surface area contributed by atoms with E-state index in [4.69, 9.17) is 10.8 Å². The molecule has 3 N–H and O–H groups in total. The second-order valence-electron chi connectivity index (χ2n) is 5.66. The van der Waals surface area contributed by atoms with E-state index in [-0.39, 0.29) is 18.6 Å². The minimum absolute atomic E-state index is 0.0356. The molecule has 1 amide bonds. The van der Waals surface area contributed by atoms with Crippen LogP contribution in [0.1, 0.15) is 30.9 Å². The largest absolute Gasteiger partial charge is 0.392 e. The molecule has 0 aliphatic carbocycles. The van der Waals surface area contributed by atoms with E-state index < -0.39 is 0 Å². The Balaban J connectivity index is 1.91. The van der Waals surface area contributed by atoms with Gasteiger partial charge in [-0.25, -0.2) is 0 Å². The Morgan fingerprint density at radius 3 is 2.55 bits per heavy atom. The Bertz CT molecular complexity index is 444. The van der Waals surface area contributed by atoms with Gasteiger partial charge in [-0.2, -0.15) is 0 Å². The number of nitrogens with zero attached hydrogens (tertiary/aromatic N) is 1. The van der Waals surface area contributed by atoms with Gasteiger partial charge in [-0.1, -0.05) is 37.6 Å². The van der Waals surface area contributed by atoms with Crippen molar-refractivity contribution in [1.29, 1.82) is 0 Å². The first-order valence-electron chi connectivity index (χ1n) is 7.36. The lowest BCUT2D eigenvalue weighted by molar-refractivity contribution is -0.129. The van der Waals surface area contributed by atoms with Gasteiger partial charge in [0.2, 0.25) is 5.91 Å². The molecule has 1 aliphatic rings. The average Bonchev–Trinajstić information content (AvgIpc) is 2.82. The zero-order chi connectivity index (χ0) is 14.5. The molecule has 1 fully saturated rings. The van der Waals surface area contributed by atoms with Gasteiger partial charge in [0.25, 0.3) is 0 Å². The van der Waals surface area contributed by atoms with Crippen molar-refractivity contribution in [2.45, 2.75) is 38.8 Å². The van der Waals surface area contributed by atoms with Gasteiger partial charge in [-0.05, 0) is 23.5 Å². The maximum atomic E-state index is 12.3. The molecule has 1 saturated heterocycles. The molecule has 0 aromatic heterocycles. The number of hydrogen-bond acceptors (Lipinski definition) is 3. The molecule has 0 spiro atoms. The molecular weight excluding hydrogens is 252 g/mol. The normalized spacial score (nSPS) is 22.2. The lowest BCUT2D eigenvalue weighted by Crippen LogP contribution is -2.33. The molecule has 20 heavy (non-hydrogen) atoms. The second kappa shape index (κ2) is 6.86. The maximum Gasteiger partial charge on any atom is 0.227 e. The summed E-state index contributed by atoms with van der Waals surface area (Å²) < 4.78 is 0. The van der Waals surface area contributed by atoms with Crippen LogP contribution in [-0.2, 0) is 17.8 Å². The standard InChI is InChI=1S/C16H24N2O2/c1-2-3-14-9-18(10-15(14)17)16(20)8-12-4-6-13(11-19)7-5-12/h4-7,14-15,19H,2-3,8-11,17H2,1H3/t14-,15-/m1/s1. The Hall–Kier alpha value is -1.39. The van der Waals surface area contributed by atoms with Crippen LogP contribution in [0, 0.1) is 5.92 Å². The van der Waals surface area contributed by atoms with Gasteiger partial charge in [-0.15, -0.1) is 0 Å². The molecule has 0 saturated carbocycles. The van der Waals surface area contributed by atoms with E-state index in [1.54, 1.807) is 0 Å². The van der Waals surface area contributed by atoms with Crippen LogP contribution in [0.15, 0.2) is 24.3 Å². The number of aliphatic hydroxyl groups is 1. The van der Waals surface area contributed by atoms with Crippen molar-refractivity contribution in [2.75, 3.05) is 13.1 Å². The number of carbonyl (C=O) groups is 1. The second-order valence-corrected chi connectivity index (χ2v) is 5.66. The van der Waals surface area contributed by atoms with Gasteiger partial charge >= 0.3 is 0 Å². The summed E-state index contributed by atoms with van der Waals surface area (Å²) in [4.78, 5) is 14.2. The van der Waals surface area contributed by atoms with Crippen LogP contribution in [-0.4, -0.2) is 35.0 Å². The highest BCUT2D eigenvalue weighted by Gasteiger charge is 2.31. The number of likely N-dealkylation sites (tertiary alicyclic amines) is 1. The Labute approximate surface area is 120 Å². The van der Waals surface area contributed by atoms with Gasteiger partial charge < -0.3 is 15.7 Å². The molecule has 1 aromatic carbocycles. The van der Waals surface area contributed by atoms with Crippen LogP contribution in [0.2, 0.25) is 0 Å². The van der Waals surface area contributed by atoms with Crippen molar-refractivity contribution >= 4 is 5.91 Å². The molecule has 4 heteroatoms. The van der Waals surface area contributed by atoms with E-state index in [1.165, 1.54) is 0 Å². The number of amides is 1. The summed E-state index contributed by atoms with van der Waals surface area (Å²) in [6.07, 6.45) is 2.62. The van der Waals surface area contributed by atoms with Gasteiger partial charge in [0, 0.05) is 19.1 Å². The van der Waals surface area contributed by atoms with Crippen molar-refractivity contribution in [3.8, 4) is 0 Å². The summed E-state index contributed by atoms with van der Waals surface area (Å²) in [5, 5.41) is 9.00. The topological polar surface area (TPSA) is 66.6 Å². The quantitative estimate of drug-likeness (QED) is 0.852. The number of hydrogen-bond donors (Lipinski definition) is 2. The van der Waals surface area contributed by atoms with Crippen LogP contribution in [0.5, 0.6) is 0 Å². The minimum Gasteiger partial charge on any atom is -0.392 e. The van der Waals surface area contributed by atoms with E-state index in [0.717, 1.165) is 30.5 Å². The first-order valence-corrected chi connectivity index (χ1v) is 7.36. The third-order valence-electron chi connectivity index (χ3n) is 4.06. The monoisotopic (exact) mass is 276 g/mol. The van der Waals surface area contributed by atoms with Crippen LogP contribution < -0.4 is 5.73 Å². The predicted molar refractivity (Wildman–Crippen MR) is 79.0 cm³/mol. The highest BCUT2D eigenvalue weighted by molar-refractivity contribution is 5.79. The van der Waals surface area contributed by atoms with Crippen LogP contribution in [0.3, 0.4) is 0 Å². The minimum atomic E-state index is 0.0356. The van der Waals surface area contributed by atoms with E-state index in [9.17, 15) is 4.79 Å². The fourth-order valence-electron chi connectivity index (χ4n) is 2.83. The summed E-state index contributed by atoms with van der Waals surface area (Å²) in [6, 6.07) is 7.65. The summed E-state index contributed by atoms with van der Waals surface area (Å²) in [5.41, 5.74) is 7.96. The molecule has 0 unspecified atom stereocenters. The fraction of sp³-hybridized carbons (Fsp3) is 0.562. The van der Waals surface area contributed by atoms with Gasteiger partial charge in [0.05, 0.1) is 13.0 Å². The first kappa shape index (κ1) is 15.0. The Kier molecular flexibility index (Phi) is 5.15. The first-order chi connectivity index (χ1) is 9.63. The van der Waals surface area contributed by atoms with E-state index in [0.29, 0.717) is 18.9 Å². The van der Waals surface area contributed by atoms with Crippen LogP contribution in [0.4, 0.5) is 0 Å². The average molecular weight is 276 g/mol. The molecule has 1 aromatic rings. The number of nitrogens with two attached hydrogens (primary N) is 1. The van der Waals surface area contributed by atoms with E-state index in [1.807, 2.05) is 29.2 Å². The van der Waals surface area contributed by atoms with E-state index >= 15 is 0 Å². The molecule has 1 aliphatic heterocycles. The highest BCUT2D eigenvalue weighted by atomic mass is 16.3. The van der Waals surface area contributed by atoms with E-state index in [2.05, 4.69) is 6.92 Å². The third kappa shape index (κ3) is 3.58. The molecular formula is C16H24N2O2.